The number of aliphatic hydroxyl groups excluding tert-OH is 1. The van der Waals surface area contributed by atoms with Gasteiger partial charge in [-0.05, 0) is 47.0 Å². The van der Waals surface area contributed by atoms with Crippen molar-refractivity contribution in [3.8, 4) is 11.5 Å². The molecule has 1 unspecified atom stereocenters. The molecule has 1 aromatic heterocycles. The summed E-state index contributed by atoms with van der Waals surface area (Å²) in [5.41, 5.74) is 3.57. The second-order valence-corrected chi connectivity index (χ2v) is 17.9. The maximum atomic E-state index is 14.3. The van der Waals surface area contributed by atoms with E-state index in [1.807, 2.05) is 72.8 Å². The molecule has 0 radical (unpaired) electrons. The summed E-state index contributed by atoms with van der Waals surface area (Å²) in [5, 5.41) is 12.5. The van der Waals surface area contributed by atoms with Gasteiger partial charge >= 0.3 is 0 Å². The molecule has 0 fully saturated rings. The fourth-order valence-corrected chi connectivity index (χ4v) is 6.23. The lowest BCUT2D eigenvalue weighted by Gasteiger charge is -2.24. The minimum atomic E-state index is -1.45. The quantitative estimate of drug-likeness (QED) is 0.164. The number of pyridine rings is 1. The number of hydrogen-bond acceptors (Lipinski definition) is 5. The van der Waals surface area contributed by atoms with Gasteiger partial charge in [-0.3, -0.25) is 9.78 Å². The van der Waals surface area contributed by atoms with E-state index >= 15 is 0 Å². The topological polar surface area (TPSA) is 71.9 Å². The zero-order valence-corrected chi connectivity index (χ0v) is 26.0. The molecule has 1 N–H and O–H groups in total. The van der Waals surface area contributed by atoms with Gasteiger partial charge in [-0.1, -0.05) is 92.4 Å². The predicted octanol–water partition coefficient (Wildman–Crippen LogP) is 7.91. The summed E-state index contributed by atoms with van der Waals surface area (Å²) < 4.78 is 27.0. The highest BCUT2D eigenvalue weighted by Crippen LogP contribution is 2.50. The van der Waals surface area contributed by atoms with E-state index in [1.54, 1.807) is 18.3 Å². The van der Waals surface area contributed by atoms with E-state index in [0.29, 0.717) is 34.4 Å². The van der Waals surface area contributed by atoms with Gasteiger partial charge in [0.1, 0.15) is 23.2 Å². The molecule has 6 rings (SSSR count). The third-order valence-corrected chi connectivity index (χ3v) is 9.55. The third-order valence-electron chi connectivity index (χ3n) is 7.84. The molecule has 1 atom stereocenters. The molecule has 44 heavy (non-hydrogen) atoms. The van der Waals surface area contributed by atoms with Crippen LogP contribution >= 0.6 is 0 Å². The Morgan fingerprint density at radius 2 is 1.52 bits per heavy atom. The van der Waals surface area contributed by atoms with Crippen LogP contribution in [-0.2, 0) is 6.54 Å². The second kappa shape index (κ2) is 12.2. The Bertz CT molecular complexity index is 1740. The number of fused-ring (bicyclic) bond motifs is 2. The van der Waals surface area contributed by atoms with Gasteiger partial charge in [0, 0.05) is 26.2 Å². The number of halogens is 1. The van der Waals surface area contributed by atoms with Gasteiger partial charge in [-0.25, -0.2) is 4.39 Å². The van der Waals surface area contributed by atoms with E-state index in [9.17, 15) is 14.3 Å². The van der Waals surface area contributed by atoms with Crippen molar-refractivity contribution in [3.05, 3.63) is 137 Å². The first-order chi connectivity index (χ1) is 21.2. The Labute approximate surface area is 257 Å². The van der Waals surface area contributed by atoms with Crippen molar-refractivity contribution in [3.63, 3.8) is 0 Å². The van der Waals surface area contributed by atoms with E-state index in [1.165, 1.54) is 17.0 Å². The molecule has 0 aliphatic carbocycles. The highest BCUT2D eigenvalue weighted by molar-refractivity contribution is 6.76. The van der Waals surface area contributed by atoms with E-state index in [0.717, 1.165) is 17.2 Å². The Morgan fingerprint density at radius 1 is 0.886 bits per heavy atom. The molecule has 4 aromatic carbocycles. The van der Waals surface area contributed by atoms with Crippen LogP contribution in [0.3, 0.4) is 0 Å². The molecule has 0 saturated heterocycles. The maximum absolute atomic E-state index is 14.3. The van der Waals surface area contributed by atoms with E-state index in [4.69, 9.17) is 14.5 Å². The number of benzene rings is 4. The molecule has 5 aromatic rings. The second-order valence-electron chi connectivity index (χ2n) is 12.3. The smallest absolute Gasteiger partial charge is 0.260 e. The van der Waals surface area contributed by atoms with Gasteiger partial charge in [-0.2, -0.15) is 0 Å². The van der Waals surface area contributed by atoms with Crippen molar-refractivity contribution in [1.29, 1.82) is 0 Å². The Morgan fingerprint density at radius 3 is 2.14 bits per heavy atom. The molecule has 2 heterocycles. The van der Waals surface area contributed by atoms with Crippen molar-refractivity contribution in [2.24, 2.45) is 0 Å². The van der Waals surface area contributed by atoms with Crippen molar-refractivity contribution in [1.82, 2.24) is 9.88 Å². The molecule has 0 saturated carbocycles. The normalized spacial score (nSPS) is 14.7. The van der Waals surface area contributed by atoms with E-state index < -0.39 is 26.3 Å². The summed E-state index contributed by atoms with van der Waals surface area (Å²) in [6.45, 7) is 7.34. The van der Waals surface area contributed by atoms with Crippen LogP contribution in [0.1, 0.15) is 44.9 Å². The Hall–Kier alpha value is -4.53. The zero-order chi connectivity index (χ0) is 30.8. The molecule has 6 nitrogen and oxygen atoms in total. The molecule has 1 aliphatic heterocycles. The van der Waals surface area contributed by atoms with Crippen molar-refractivity contribution in [2.75, 3.05) is 6.61 Å². The zero-order valence-electron chi connectivity index (χ0n) is 25.0. The van der Waals surface area contributed by atoms with Gasteiger partial charge in [0.15, 0.2) is 12.0 Å². The number of rotatable bonds is 10. The lowest BCUT2D eigenvalue weighted by Crippen LogP contribution is -2.27. The van der Waals surface area contributed by atoms with Crippen LogP contribution in [0.4, 0.5) is 4.39 Å². The number of aromatic nitrogens is 1. The van der Waals surface area contributed by atoms with Crippen LogP contribution in [0.15, 0.2) is 103 Å². The highest BCUT2D eigenvalue weighted by atomic mass is 28.3. The van der Waals surface area contributed by atoms with E-state index in [-0.39, 0.29) is 23.7 Å². The summed E-state index contributed by atoms with van der Waals surface area (Å²) in [5.74, 6) is -0.0535. The SMILES string of the molecule is C[Si](C)(C)CCOc1c2c(c(OC(c3ccccc3)c3ccccc3)c3ncccc13)C(=O)N(Cc1ccc(F)cc1)C2O. The molecule has 0 bridgehead atoms. The lowest BCUT2D eigenvalue weighted by molar-refractivity contribution is 0.0127. The number of nitrogens with zero attached hydrogens (tertiary/aromatic N) is 2. The molecule has 224 valence electrons. The van der Waals surface area contributed by atoms with Gasteiger partial charge < -0.3 is 19.5 Å². The van der Waals surface area contributed by atoms with Crippen LogP contribution in [0, 0.1) is 5.82 Å². The largest absolute Gasteiger partial charge is 0.493 e. The number of carbonyl (C=O) groups is 1. The predicted molar refractivity (Wildman–Crippen MR) is 172 cm³/mol. The van der Waals surface area contributed by atoms with Crippen LogP contribution in [0.2, 0.25) is 25.7 Å². The van der Waals surface area contributed by atoms with Crippen LogP contribution in [-0.4, -0.2) is 35.6 Å². The number of carbonyl (C=O) groups excluding carboxylic acids is 1. The minimum absolute atomic E-state index is 0.0767. The molecular weight excluding hydrogens is 571 g/mol. The average Bonchev–Trinajstić information content (AvgIpc) is 3.26. The van der Waals surface area contributed by atoms with Crippen LogP contribution in [0.5, 0.6) is 11.5 Å². The van der Waals surface area contributed by atoms with Gasteiger partial charge in [0.2, 0.25) is 0 Å². The van der Waals surface area contributed by atoms with Crippen molar-refractivity contribution in [2.45, 2.75) is 44.6 Å². The molecule has 0 spiro atoms. The summed E-state index contributed by atoms with van der Waals surface area (Å²) >= 11 is 0. The van der Waals surface area contributed by atoms with Gasteiger partial charge in [0.25, 0.3) is 5.91 Å². The Kier molecular flexibility index (Phi) is 8.20. The summed E-state index contributed by atoms with van der Waals surface area (Å²) in [6, 6.07) is 30.1. The third kappa shape index (κ3) is 5.96. The molecular formula is C36H35FN2O4Si. The standard InChI is InChI=1S/C36H35FN2O4Si/c1-44(2,3)22-21-42-33-28-15-10-20-38-31(28)34(43-32(25-11-6-4-7-12-25)26-13-8-5-9-14-26)30-29(33)35(40)39(36(30)41)23-24-16-18-27(37)19-17-24/h4-20,32,35,40H,21-23H2,1-3H3. The summed E-state index contributed by atoms with van der Waals surface area (Å²) in [4.78, 5) is 20.4. The van der Waals surface area contributed by atoms with Gasteiger partial charge in [0.05, 0.1) is 17.7 Å². The van der Waals surface area contributed by atoms with Crippen molar-refractivity contribution < 1.29 is 23.8 Å². The first-order valence-corrected chi connectivity index (χ1v) is 18.5. The molecule has 1 amide bonds. The van der Waals surface area contributed by atoms with Crippen LogP contribution < -0.4 is 9.47 Å². The first-order valence-electron chi connectivity index (χ1n) is 14.8. The maximum Gasteiger partial charge on any atom is 0.260 e. The van der Waals surface area contributed by atoms with Crippen molar-refractivity contribution >= 4 is 24.9 Å². The fraction of sp³-hybridized carbons (Fsp3) is 0.222. The fourth-order valence-electron chi connectivity index (χ4n) is 5.51. The van der Waals surface area contributed by atoms with Crippen LogP contribution in [0.25, 0.3) is 10.9 Å². The number of hydrogen-bond donors (Lipinski definition) is 1. The highest BCUT2D eigenvalue weighted by Gasteiger charge is 2.43. The van der Waals surface area contributed by atoms with E-state index in [2.05, 4.69) is 19.6 Å². The summed E-state index contributed by atoms with van der Waals surface area (Å²) in [7, 11) is -1.45. The first kappa shape index (κ1) is 29.5. The average molecular weight is 607 g/mol. The minimum Gasteiger partial charge on any atom is -0.493 e. The number of amides is 1. The number of aliphatic hydroxyl groups is 1. The van der Waals surface area contributed by atoms with Gasteiger partial charge in [-0.15, -0.1) is 0 Å². The molecule has 8 heteroatoms. The lowest BCUT2D eigenvalue weighted by atomic mass is 9.99. The Balaban J connectivity index is 1.53. The molecule has 1 aliphatic rings. The monoisotopic (exact) mass is 606 g/mol. The summed E-state index contributed by atoms with van der Waals surface area (Å²) in [6.07, 6.45) is -0.190. The number of ether oxygens (including phenoxy) is 2.